The van der Waals surface area contributed by atoms with Crippen molar-refractivity contribution in [1.29, 1.82) is 0 Å². The third kappa shape index (κ3) is 6.29. The summed E-state index contributed by atoms with van der Waals surface area (Å²) >= 11 is 0. The van der Waals surface area contributed by atoms with Crippen LogP contribution in [0.4, 0.5) is 0 Å². The normalized spacial score (nSPS) is 10.1. The van der Waals surface area contributed by atoms with Crippen molar-refractivity contribution in [1.82, 2.24) is 0 Å². The third-order valence-electron chi connectivity index (χ3n) is 3.75. The molecule has 0 saturated carbocycles. The summed E-state index contributed by atoms with van der Waals surface area (Å²) in [6.07, 6.45) is 4.55. The molecule has 0 aromatic heterocycles. The van der Waals surface area contributed by atoms with Gasteiger partial charge in [-0.15, -0.1) is 0 Å². The molecule has 5 heteroatoms. The molecule has 142 valence electrons. The molecule has 27 heavy (non-hydrogen) atoms. The van der Waals surface area contributed by atoms with Gasteiger partial charge < -0.3 is 14.2 Å². The summed E-state index contributed by atoms with van der Waals surface area (Å²) in [5.74, 6) is -0.160. The fourth-order valence-corrected chi connectivity index (χ4v) is 2.33. The van der Waals surface area contributed by atoms with E-state index in [0.29, 0.717) is 35.8 Å². The van der Waals surface area contributed by atoms with Crippen molar-refractivity contribution in [2.75, 3.05) is 13.2 Å². The summed E-state index contributed by atoms with van der Waals surface area (Å²) in [6.45, 7) is 6.38. The van der Waals surface area contributed by atoms with E-state index in [1.807, 2.05) is 0 Å². The minimum Gasteiger partial charge on any atom is -0.489 e. The molecule has 5 nitrogen and oxygen atoms in total. The lowest BCUT2D eigenvalue weighted by Crippen LogP contribution is -2.11. The second-order valence-electron chi connectivity index (χ2n) is 5.85. The minimum absolute atomic E-state index is 0.291. The van der Waals surface area contributed by atoms with Gasteiger partial charge in [0.2, 0.25) is 0 Å². The maximum Gasteiger partial charge on any atom is 0.347 e. The zero-order valence-electron chi connectivity index (χ0n) is 15.5. The number of hydrogen-bond acceptors (Lipinski definition) is 5. The Morgan fingerprint density at radius 1 is 1.00 bits per heavy atom. The van der Waals surface area contributed by atoms with E-state index in [-0.39, 0.29) is 5.97 Å². The SMILES string of the molecule is C=CCOc1ccccc1C(=O)Oc1ccc(C(=O)OCCCCC)cc1. The first-order valence-corrected chi connectivity index (χ1v) is 8.97. The lowest BCUT2D eigenvalue weighted by molar-refractivity contribution is 0.0498. The summed E-state index contributed by atoms with van der Waals surface area (Å²) in [7, 11) is 0. The first-order valence-electron chi connectivity index (χ1n) is 8.97. The van der Waals surface area contributed by atoms with Gasteiger partial charge in [0.05, 0.1) is 12.2 Å². The largest absolute Gasteiger partial charge is 0.489 e. The molecule has 0 radical (unpaired) electrons. The van der Waals surface area contributed by atoms with Gasteiger partial charge in [0.15, 0.2) is 0 Å². The lowest BCUT2D eigenvalue weighted by atomic mass is 10.2. The minimum atomic E-state index is -0.537. The molecule has 2 aromatic carbocycles. The van der Waals surface area contributed by atoms with E-state index in [2.05, 4.69) is 13.5 Å². The number of esters is 2. The van der Waals surface area contributed by atoms with Crippen LogP contribution in [-0.4, -0.2) is 25.2 Å². The molecule has 0 bridgehead atoms. The van der Waals surface area contributed by atoms with Gasteiger partial charge in [0.1, 0.15) is 23.7 Å². The highest BCUT2D eigenvalue weighted by Gasteiger charge is 2.15. The van der Waals surface area contributed by atoms with Crippen LogP contribution in [-0.2, 0) is 4.74 Å². The number of para-hydroxylation sites is 1. The van der Waals surface area contributed by atoms with Crippen molar-refractivity contribution in [3.05, 3.63) is 72.3 Å². The Morgan fingerprint density at radius 2 is 1.74 bits per heavy atom. The van der Waals surface area contributed by atoms with Crippen molar-refractivity contribution < 1.29 is 23.8 Å². The van der Waals surface area contributed by atoms with E-state index < -0.39 is 5.97 Å². The Labute approximate surface area is 159 Å². The Hall–Kier alpha value is -3.08. The van der Waals surface area contributed by atoms with Crippen molar-refractivity contribution in [2.24, 2.45) is 0 Å². The second-order valence-corrected chi connectivity index (χ2v) is 5.85. The van der Waals surface area contributed by atoms with Crippen LogP contribution in [0.3, 0.4) is 0 Å². The summed E-state index contributed by atoms with van der Waals surface area (Å²) in [4.78, 5) is 24.4. The van der Waals surface area contributed by atoms with E-state index in [1.54, 1.807) is 54.6 Å². The van der Waals surface area contributed by atoms with E-state index in [0.717, 1.165) is 19.3 Å². The third-order valence-corrected chi connectivity index (χ3v) is 3.75. The molecule has 0 amide bonds. The monoisotopic (exact) mass is 368 g/mol. The molecule has 0 unspecified atom stereocenters. The van der Waals surface area contributed by atoms with Crippen LogP contribution in [0.15, 0.2) is 61.2 Å². The Balaban J connectivity index is 1.97. The first kappa shape index (κ1) is 20.2. The zero-order chi connectivity index (χ0) is 19.5. The Kier molecular flexibility index (Phi) is 8.10. The molecule has 0 spiro atoms. The molecule has 0 N–H and O–H groups in total. The van der Waals surface area contributed by atoms with E-state index >= 15 is 0 Å². The lowest BCUT2D eigenvalue weighted by Gasteiger charge is -2.10. The van der Waals surface area contributed by atoms with Gasteiger partial charge >= 0.3 is 11.9 Å². The molecule has 0 heterocycles. The van der Waals surface area contributed by atoms with Gasteiger partial charge in [-0.2, -0.15) is 0 Å². The fourth-order valence-electron chi connectivity index (χ4n) is 2.33. The topological polar surface area (TPSA) is 61.8 Å². The van der Waals surface area contributed by atoms with Crippen LogP contribution < -0.4 is 9.47 Å². The molecule has 0 aliphatic carbocycles. The molecule has 0 atom stereocenters. The van der Waals surface area contributed by atoms with Crippen LogP contribution >= 0.6 is 0 Å². The van der Waals surface area contributed by atoms with Gasteiger partial charge in [0.25, 0.3) is 0 Å². The number of carbonyl (C=O) groups excluding carboxylic acids is 2. The Morgan fingerprint density at radius 3 is 2.44 bits per heavy atom. The number of unbranched alkanes of at least 4 members (excludes halogenated alkanes) is 2. The molecule has 2 aromatic rings. The summed E-state index contributed by atoms with van der Waals surface area (Å²) in [6, 6.07) is 13.1. The van der Waals surface area contributed by atoms with E-state index in [4.69, 9.17) is 14.2 Å². The molecular formula is C22H24O5. The fraction of sp³-hybridized carbons (Fsp3) is 0.273. The van der Waals surface area contributed by atoms with Gasteiger partial charge in [-0.25, -0.2) is 9.59 Å². The van der Waals surface area contributed by atoms with Crippen molar-refractivity contribution >= 4 is 11.9 Å². The van der Waals surface area contributed by atoms with Gasteiger partial charge in [-0.1, -0.05) is 44.6 Å². The zero-order valence-corrected chi connectivity index (χ0v) is 15.5. The molecular weight excluding hydrogens is 344 g/mol. The van der Waals surface area contributed by atoms with Crippen molar-refractivity contribution in [3.63, 3.8) is 0 Å². The predicted octanol–water partition coefficient (Wildman–Crippen LogP) is 4.82. The number of benzene rings is 2. The maximum atomic E-state index is 12.4. The average molecular weight is 368 g/mol. The van der Waals surface area contributed by atoms with Crippen LogP contribution in [0.25, 0.3) is 0 Å². The molecule has 2 rings (SSSR count). The number of hydrogen-bond donors (Lipinski definition) is 0. The number of ether oxygens (including phenoxy) is 3. The quantitative estimate of drug-likeness (QED) is 0.260. The molecule has 0 fully saturated rings. The van der Waals surface area contributed by atoms with Gasteiger partial charge in [0, 0.05) is 0 Å². The van der Waals surface area contributed by atoms with E-state index in [9.17, 15) is 9.59 Å². The van der Waals surface area contributed by atoms with Crippen molar-refractivity contribution in [3.8, 4) is 11.5 Å². The highest BCUT2D eigenvalue weighted by atomic mass is 16.5. The average Bonchev–Trinajstić information content (AvgIpc) is 2.70. The van der Waals surface area contributed by atoms with Gasteiger partial charge in [-0.3, -0.25) is 0 Å². The summed E-state index contributed by atoms with van der Waals surface area (Å²) in [5, 5.41) is 0. The molecule has 0 saturated heterocycles. The summed E-state index contributed by atoms with van der Waals surface area (Å²) in [5.41, 5.74) is 0.736. The number of carbonyl (C=O) groups is 2. The Bertz CT molecular complexity index is 765. The summed E-state index contributed by atoms with van der Waals surface area (Å²) < 4.78 is 16.0. The smallest absolute Gasteiger partial charge is 0.347 e. The van der Waals surface area contributed by atoms with Gasteiger partial charge in [-0.05, 0) is 42.8 Å². The van der Waals surface area contributed by atoms with Crippen molar-refractivity contribution in [2.45, 2.75) is 26.2 Å². The number of rotatable bonds is 10. The highest BCUT2D eigenvalue weighted by molar-refractivity contribution is 5.94. The predicted molar refractivity (Wildman–Crippen MR) is 103 cm³/mol. The van der Waals surface area contributed by atoms with Crippen LogP contribution in [0.2, 0.25) is 0 Å². The maximum absolute atomic E-state index is 12.4. The highest BCUT2D eigenvalue weighted by Crippen LogP contribution is 2.21. The second kappa shape index (κ2) is 10.8. The van der Waals surface area contributed by atoms with Crippen LogP contribution in [0.5, 0.6) is 11.5 Å². The van der Waals surface area contributed by atoms with Crippen LogP contribution in [0.1, 0.15) is 46.9 Å². The first-order chi connectivity index (χ1) is 13.2. The van der Waals surface area contributed by atoms with Crippen LogP contribution in [0, 0.1) is 0 Å². The standard InChI is InChI=1S/C22H24O5/c1-3-5-8-16-26-21(23)17-11-13-18(14-12-17)27-22(24)19-9-6-7-10-20(19)25-15-4-2/h4,6-7,9-14H,2-3,5,8,15-16H2,1H3. The molecule has 0 aliphatic rings. The van der Waals surface area contributed by atoms with E-state index in [1.165, 1.54) is 0 Å². The molecule has 0 aliphatic heterocycles.